The maximum Gasteiger partial charge on any atom is 0.287 e. The molecule has 1 aromatic rings. The van der Waals surface area contributed by atoms with Crippen LogP contribution < -0.4 is 5.32 Å². The predicted molar refractivity (Wildman–Crippen MR) is 57.8 cm³/mol. The number of aromatic nitrogens is 3. The van der Waals surface area contributed by atoms with Crippen LogP contribution in [-0.4, -0.2) is 25.5 Å². The smallest absolute Gasteiger partial charge is 0.287 e. The summed E-state index contributed by atoms with van der Waals surface area (Å²) in [4.78, 5) is 25.6. The van der Waals surface area contributed by atoms with Crippen LogP contribution in [-0.2, 0) is 4.79 Å². The van der Waals surface area contributed by atoms with Gasteiger partial charge in [0.2, 0.25) is 5.95 Å². The number of rotatable bonds is 3. The fourth-order valence-electron chi connectivity index (χ4n) is 1.74. The van der Waals surface area contributed by atoms with Gasteiger partial charge < -0.3 is 5.32 Å². The van der Waals surface area contributed by atoms with E-state index in [1.165, 1.54) is 17.8 Å². The molecule has 0 fully saturated rings. The Bertz CT molecular complexity index is 519. The van der Waals surface area contributed by atoms with Gasteiger partial charge in [-0.1, -0.05) is 0 Å². The van der Waals surface area contributed by atoms with Crippen LogP contribution in [0.25, 0.3) is 0 Å². The Balaban J connectivity index is 2.43. The second kappa shape index (κ2) is 3.96. The van der Waals surface area contributed by atoms with Crippen LogP contribution in [0.15, 0.2) is 11.9 Å². The number of nitrogens with zero attached hydrogens (tertiary/aromatic N) is 4. The van der Waals surface area contributed by atoms with Crippen molar-refractivity contribution in [2.24, 2.45) is 0 Å². The standard InChI is InChI=1S/C9H11N5O3/c1-5(15)3-7-8(14(16)17)4-10-9-11-6(2)12-13(7)9/h4,7H,3H2,1-2H3,(H,10,11,12)/t7-/m1/s1. The number of hydrogen-bond acceptors (Lipinski definition) is 6. The van der Waals surface area contributed by atoms with Gasteiger partial charge in [-0.05, 0) is 13.8 Å². The molecule has 0 aliphatic carbocycles. The Morgan fingerprint density at radius 2 is 2.41 bits per heavy atom. The summed E-state index contributed by atoms with van der Waals surface area (Å²) in [7, 11) is 0. The van der Waals surface area contributed by atoms with E-state index in [2.05, 4.69) is 15.4 Å². The van der Waals surface area contributed by atoms with E-state index in [4.69, 9.17) is 0 Å². The number of fused-ring (bicyclic) bond motifs is 1. The quantitative estimate of drug-likeness (QED) is 0.611. The molecule has 0 saturated heterocycles. The summed E-state index contributed by atoms with van der Waals surface area (Å²) in [5.74, 6) is 0.780. The number of allylic oxidation sites excluding steroid dienone is 1. The zero-order valence-electron chi connectivity index (χ0n) is 9.38. The zero-order valence-corrected chi connectivity index (χ0v) is 9.38. The summed E-state index contributed by atoms with van der Waals surface area (Å²) in [6, 6.07) is -0.694. The first-order valence-electron chi connectivity index (χ1n) is 5.02. The largest absolute Gasteiger partial charge is 0.325 e. The summed E-state index contributed by atoms with van der Waals surface area (Å²) in [6.45, 7) is 3.08. The number of ketones is 1. The third-order valence-corrected chi connectivity index (χ3v) is 2.41. The van der Waals surface area contributed by atoms with Crippen molar-refractivity contribution < 1.29 is 9.72 Å². The van der Waals surface area contributed by atoms with E-state index in [1.54, 1.807) is 6.92 Å². The van der Waals surface area contributed by atoms with Crippen molar-refractivity contribution >= 4 is 11.7 Å². The van der Waals surface area contributed by atoms with E-state index in [1.807, 2.05) is 0 Å². The molecule has 8 heteroatoms. The topological polar surface area (TPSA) is 103 Å². The van der Waals surface area contributed by atoms with Crippen molar-refractivity contribution in [3.05, 3.63) is 27.8 Å². The number of hydrogen-bond donors (Lipinski definition) is 1. The van der Waals surface area contributed by atoms with Crippen molar-refractivity contribution in [3.63, 3.8) is 0 Å². The van der Waals surface area contributed by atoms with Crippen molar-refractivity contribution in [1.82, 2.24) is 14.8 Å². The first-order chi connectivity index (χ1) is 7.99. The molecule has 2 rings (SSSR count). The molecule has 8 nitrogen and oxygen atoms in total. The lowest BCUT2D eigenvalue weighted by Crippen LogP contribution is -2.26. The first kappa shape index (κ1) is 11.2. The summed E-state index contributed by atoms with van der Waals surface area (Å²) in [5.41, 5.74) is -0.0856. The summed E-state index contributed by atoms with van der Waals surface area (Å²) < 4.78 is 1.38. The van der Waals surface area contributed by atoms with Gasteiger partial charge in [0.1, 0.15) is 11.6 Å². The molecular weight excluding hydrogens is 226 g/mol. The number of aryl methyl sites for hydroxylation is 1. The van der Waals surface area contributed by atoms with E-state index in [9.17, 15) is 14.9 Å². The molecule has 0 amide bonds. The lowest BCUT2D eigenvalue weighted by atomic mass is 10.1. The lowest BCUT2D eigenvalue weighted by Gasteiger charge is -2.19. The van der Waals surface area contributed by atoms with Crippen LogP contribution in [0, 0.1) is 17.0 Å². The molecular formula is C9H11N5O3. The monoisotopic (exact) mass is 237 g/mol. The fraction of sp³-hybridized carbons (Fsp3) is 0.444. The van der Waals surface area contributed by atoms with Gasteiger partial charge in [-0.25, -0.2) is 4.68 Å². The molecule has 2 heterocycles. The van der Waals surface area contributed by atoms with Gasteiger partial charge in [-0.3, -0.25) is 14.9 Å². The Labute approximate surface area is 96.5 Å². The van der Waals surface area contributed by atoms with Gasteiger partial charge in [-0.2, -0.15) is 10.1 Å². The van der Waals surface area contributed by atoms with Crippen molar-refractivity contribution in [3.8, 4) is 0 Å². The SMILES string of the molecule is CC(=O)C[C@@H]1C([N+](=O)[O-])=CNc2nc(C)nn21. The molecule has 90 valence electrons. The first-order valence-corrected chi connectivity index (χ1v) is 5.02. The molecule has 17 heavy (non-hydrogen) atoms. The zero-order chi connectivity index (χ0) is 12.6. The lowest BCUT2D eigenvalue weighted by molar-refractivity contribution is -0.433. The summed E-state index contributed by atoms with van der Waals surface area (Å²) in [6.07, 6.45) is 1.29. The molecule has 1 atom stereocenters. The number of nitro groups is 1. The molecule has 0 radical (unpaired) electrons. The number of nitrogens with one attached hydrogen (secondary N) is 1. The van der Waals surface area contributed by atoms with Gasteiger partial charge in [0.15, 0.2) is 6.04 Å². The number of carbonyl (C=O) groups is 1. The van der Waals surface area contributed by atoms with Gasteiger partial charge >= 0.3 is 0 Å². The Kier molecular flexibility index (Phi) is 2.62. The van der Waals surface area contributed by atoms with Crippen LogP contribution in [0.3, 0.4) is 0 Å². The van der Waals surface area contributed by atoms with Gasteiger partial charge in [0.05, 0.1) is 11.1 Å². The summed E-state index contributed by atoms with van der Waals surface area (Å²) in [5, 5.41) is 17.6. The van der Waals surface area contributed by atoms with Crippen molar-refractivity contribution in [2.45, 2.75) is 26.3 Å². The molecule has 0 unspecified atom stereocenters. The Morgan fingerprint density at radius 1 is 1.71 bits per heavy atom. The average Bonchev–Trinajstić information content (AvgIpc) is 2.58. The summed E-state index contributed by atoms with van der Waals surface area (Å²) >= 11 is 0. The second-order valence-corrected chi connectivity index (χ2v) is 3.82. The van der Waals surface area contributed by atoms with Gasteiger partial charge in [0.25, 0.3) is 5.70 Å². The fourth-order valence-corrected chi connectivity index (χ4v) is 1.74. The van der Waals surface area contributed by atoms with Crippen LogP contribution in [0.4, 0.5) is 5.95 Å². The van der Waals surface area contributed by atoms with E-state index in [0.29, 0.717) is 11.8 Å². The van der Waals surface area contributed by atoms with Crippen LogP contribution in [0.5, 0.6) is 0 Å². The van der Waals surface area contributed by atoms with Crippen LogP contribution >= 0.6 is 0 Å². The maximum atomic E-state index is 11.2. The molecule has 1 N–H and O–H groups in total. The Hall–Kier alpha value is -2.25. The highest BCUT2D eigenvalue weighted by atomic mass is 16.6. The molecule has 1 aliphatic rings. The minimum atomic E-state index is -0.694. The average molecular weight is 237 g/mol. The van der Waals surface area contributed by atoms with Crippen LogP contribution in [0.2, 0.25) is 0 Å². The molecule has 0 bridgehead atoms. The Morgan fingerprint density at radius 3 is 3.00 bits per heavy atom. The highest BCUT2D eigenvalue weighted by Gasteiger charge is 2.34. The number of Topliss-reactive ketones (excluding diaryl/α,β-unsaturated/α-hetero) is 1. The second-order valence-electron chi connectivity index (χ2n) is 3.82. The highest BCUT2D eigenvalue weighted by Crippen LogP contribution is 2.28. The van der Waals surface area contributed by atoms with Crippen molar-refractivity contribution in [1.29, 1.82) is 0 Å². The number of anilines is 1. The molecule has 0 spiro atoms. The molecule has 0 aromatic carbocycles. The third-order valence-electron chi connectivity index (χ3n) is 2.41. The van der Waals surface area contributed by atoms with E-state index >= 15 is 0 Å². The minimum absolute atomic E-state index is 0.0320. The van der Waals surface area contributed by atoms with E-state index in [0.717, 1.165) is 0 Å². The maximum absolute atomic E-state index is 11.2. The van der Waals surface area contributed by atoms with Gasteiger partial charge in [0, 0.05) is 6.42 Å². The highest BCUT2D eigenvalue weighted by molar-refractivity contribution is 5.76. The molecule has 1 aliphatic heterocycles. The minimum Gasteiger partial charge on any atom is -0.325 e. The van der Waals surface area contributed by atoms with E-state index in [-0.39, 0.29) is 17.9 Å². The third kappa shape index (κ3) is 2.01. The normalized spacial score (nSPS) is 18.0. The number of carbonyl (C=O) groups excluding carboxylic acids is 1. The van der Waals surface area contributed by atoms with Gasteiger partial charge in [-0.15, -0.1) is 0 Å². The molecule has 0 saturated carbocycles. The predicted octanol–water partition coefficient (Wildman–Crippen LogP) is 0.650. The van der Waals surface area contributed by atoms with Crippen molar-refractivity contribution in [2.75, 3.05) is 5.32 Å². The van der Waals surface area contributed by atoms with Crippen LogP contribution in [0.1, 0.15) is 25.2 Å². The van der Waals surface area contributed by atoms with E-state index < -0.39 is 11.0 Å². The molecule has 1 aromatic heterocycles.